The monoisotopic (exact) mass is 250 g/mol. The molecule has 0 spiro atoms. The van der Waals surface area contributed by atoms with Crippen LogP contribution in [0.25, 0.3) is 0 Å². The Morgan fingerprint density at radius 2 is 1.72 bits per heavy atom. The van der Waals surface area contributed by atoms with Crippen molar-refractivity contribution in [1.29, 1.82) is 5.26 Å². The second-order valence-electron chi connectivity index (χ2n) is 5.28. The summed E-state index contributed by atoms with van der Waals surface area (Å²) in [5.41, 5.74) is -0.261. The molecule has 0 aliphatic carbocycles. The first-order valence-electron chi connectivity index (χ1n) is 7.31. The molecule has 3 heteroatoms. The Hall–Kier alpha value is -1.04. The second-order valence-corrected chi connectivity index (χ2v) is 5.28. The summed E-state index contributed by atoms with van der Waals surface area (Å²) in [4.78, 5) is 4.69. The highest BCUT2D eigenvalue weighted by Crippen LogP contribution is 2.36. The molecule has 102 valence electrons. The lowest BCUT2D eigenvalue weighted by molar-refractivity contribution is 0.165. The lowest BCUT2D eigenvalue weighted by Crippen LogP contribution is -2.37. The van der Waals surface area contributed by atoms with Crippen LogP contribution in [-0.2, 0) is 4.74 Å². The maximum absolute atomic E-state index is 9.28. The van der Waals surface area contributed by atoms with Crippen molar-refractivity contribution in [3.8, 4) is 6.07 Å². The van der Waals surface area contributed by atoms with Gasteiger partial charge in [-0.1, -0.05) is 52.4 Å². The van der Waals surface area contributed by atoms with Crippen molar-refractivity contribution >= 4 is 5.90 Å². The topological polar surface area (TPSA) is 45.4 Å². The summed E-state index contributed by atoms with van der Waals surface area (Å²) in [7, 11) is 0. The van der Waals surface area contributed by atoms with Crippen molar-refractivity contribution in [2.75, 3.05) is 0 Å². The number of nitrogens with zero attached hydrogens (tertiary/aromatic N) is 2. The highest BCUT2D eigenvalue weighted by atomic mass is 16.5. The zero-order valence-corrected chi connectivity index (χ0v) is 12.0. The molecule has 1 aliphatic rings. The number of ether oxygens (including phenoxy) is 1. The van der Waals surface area contributed by atoms with E-state index in [9.17, 15) is 5.26 Å². The lowest BCUT2D eigenvalue weighted by atomic mass is 9.83. The number of unbranched alkanes of at least 4 members (excludes halogenated alkanes) is 4. The summed E-state index contributed by atoms with van der Waals surface area (Å²) >= 11 is 0. The van der Waals surface area contributed by atoms with Crippen molar-refractivity contribution in [3.05, 3.63) is 0 Å². The molecule has 3 nitrogen and oxygen atoms in total. The highest BCUT2D eigenvalue weighted by molar-refractivity contribution is 5.76. The Balaban J connectivity index is 2.69. The maximum atomic E-state index is 9.28. The van der Waals surface area contributed by atoms with E-state index < -0.39 is 0 Å². The first kappa shape index (κ1) is 15.0. The minimum Gasteiger partial charge on any atom is -0.460 e. The molecule has 1 aliphatic heterocycles. The van der Waals surface area contributed by atoms with Crippen LogP contribution in [-0.4, -0.2) is 17.5 Å². The normalized spacial score (nSPS) is 21.2. The standard InChI is InChI=1S/C15H26N2O/c1-4-6-8-10-15(11-9-7-5-2)14(12-16)18-13(3)17-15/h14H,4-11H2,1-3H3. The van der Waals surface area contributed by atoms with Gasteiger partial charge in [0, 0.05) is 6.92 Å². The quantitative estimate of drug-likeness (QED) is 0.605. The average molecular weight is 250 g/mol. The van der Waals surface area contributed by atoms with Gasteiger partial charge in [0.05, 0.1) is 0 Å². The van der Waals surface area contributed by atoms with E-state index in [4.69, 9.17) is 4.74 Å². The van der Waals surface area contributed by atoms with Gasteiger partial charge in [0.1, 0.15) is 11.6 Å². The molecule has 1 rings (SSSR count). The fourth-order valence-electron chi connectivity index (χ4n) is 2.69. The molecular formula is C15H26N2O. The maximum Gasteiger partial charge on any atom is 0.210 e. The molecule has 0 radical (unpaired) electrons. The van der Waals surface area contributed by atoms with E-state index >= 15 is 0 Å². The van der Waals surface area contributed by atoms with Crippen molar-refractivity contribution in [3.63, 3.8) is 0 Å². The predicted molar refractivity (Wildman–Crippen MR) is 74.6 cm³/mol. The lowest BCUT2D eigenvalue weighted by Gasteiger charge is -2.27. The Morgan fingerprint density at radius 3 is 2.17 bits per heavy atom. The van der Waals surface area contributed by atoms with E-state index in [0.717, 1.165) is 25.7 Å². The van der Waals surface area contributed by atoms with Gasteiger partial charge >= 0.3 is 0 Å². The summed E-state index contributed by atoms with van der Waals surface area (Å²) < 4.78 is 5.58. The summed E-state index contributed by atoms with van der Waals surface area (Å²) in [6.45, 7) is 6.27. The van der Waals surface area contributed by atoms with Gasteiger partial charge in [-0.25, -0.2) is 4.99 Å². The minimum atomic E-state index is -0.369. The fourth-order valence-corrected chi connectivity index (χ4v) is 2.69. The predicted octanol–water partition coefficient (Wildman–Crippen LogP) is 4.23. The molecule has 0 fully saturated rings. The van der Waals surface area contributed by atoms with Gasteiger partial charge in [0.2, 0.25) is 6.10 Å². The molecule has 0 aromatic carbocycles. The van der Waals surface area contributed by atoms with E-state index in [1.165, 1.54) is 25.7 Å². The van der Waals surface area contributed by atoms with E-state index in [-0.39, 0.29) is 11.6 Å². The molecule has 18 heavy (non-hydrogen) atoms. The molecule has 0 saturated carbocycles. The molecule has 1 atom stereocenters. The molecule has 0 bridgehead atoms. The van der Waals surface area contributed by atoms with Crippen LogP contribution in [0.4, 0.5) is 0 Å². The first-order chi connectivity index (χ1) is 8.68. The number of hydrogen-bond donors (Lipinski definition) is 0. The molecule has 1 heterocycles. The van der Waals surface area contributed by atoms with Gasteiger partial charge in [-0.05, 0) is 12.8 Å². The Morgan fingerprint density at radius 1 is 1.17 bits per heavy atom. The number of nitriles is 1. The molecule has 0 amide bonds. The number of hydrogen-bond acceptors (Lipinski definition) is 3. The van der Waals surface area contributed by atoms with Gasteiger partial charge in [-0.2, -0.15) is 5.26 Å². The zero-order chi connectivity index (χ0) is 13.4. The third-order valence-corrected chi connectivity index (χ3v) is 3.70. The van der Waals surface area contributed by atoms with Crippen molar-refractivity contribution in [2.45, 2.75) is 83.8 Å². The highest BCUT2D eigenvalue weighted by Gasteiger charge is 2.44. The number of aliphatic imine (C=N–C) groups is 1. The van der Waals surface area contributed by atoms with Crippen LogP contribution in [0.15, 0.2) is 4.99 Å². The molecule has 0 N–H and O–H groups in total. The summed E-state index contributed by atoms with van der Waals surface area (Å²) in [5, 5.41) is 9.28. The summed E-state index contributed by atoms with van der Waals surface area (Å²) in [6.07, 6.45) is 8.70. The van der Waals surface area contributed by atoms with Crippen molar-refractivity contribution in [1.82, 2.24) is 0 Å². The van der Waals surface area contributed by atoms with E-state index in [0.29, 0.717) is 5.90 Å². The van der Waals surface area contributed by atoms with Crippen LogP contribution < -0.4 is 0 Å². The smallest absolute Gasteiger partial charge is 0.210 e. The van der Waals surface area contributed by atoms with Gasteiger partial charge < -0.3 is 4.74 Å². The molecule has 0 aromatic heterocycles. The minimum absolute atomic E-state index is 0.261. The summed E-state index contributed by atoms with van der Waals surface area (Å²) in [5.74, 6) is 0.689. The third kappa shape index (κ3) is 3.73. The van der Waals surface area contributed by atoms with Crippen molar-refractivity contribution in [2.24, 2.45) is 4.99 Å². The Bertz CT molecular complexity index is 307. The van der Waals surface area contributed by atoms with Crippen molar-refractivity contribution < 1.29 is 4.74 Å². The average Bonchev–Trinajstić information content (AvgIpc) is 2.67. The van der Waals surface area contributed by atoms with Crippen LogP contribution in [0.1, 0.15) is 72.1 Å². The van der Waals surface area contributed by atoms with E-state index in [2.05, 4.69) is 24.9 Å². The van der Waals surface area contributed by atoms with Gasteiger partial charge in [0.25, 0.3) is 0 Å². The molecule has 0 aromatic rings. The van der Waals surface area contributed by atoms with Gasteiger partial charge in [-0.15, -0.1) is 0 Å². The largest absolute Gasteiger partial charge is 0.460 e. The van der Waals surface area contributed by atoms with Gasteiger partial charge in [0.15, 0.2) is 5.90 Å². The second kappa shape index (κ2) is 7.41. The SMILES string of the molecule is CCCCCC1(CCCCC)N=C(C)OC1C#N. The van der Waals surface area contributed by atoms with E-state index in [1.807, 2.05) is 6.92 Å². The Kier molecular flexibility index (Phi) is 6.18. The third-order valence-electron chi connectivity index (χ3n) is 3.70. The summed E-state index contributed by atoms with van der Waals surface area (Å²) in [6, 6.07) is 2.30. The van der Waals surface area contributed by atoms with Crippen LogP contribution in [0, 0.1) is 11.3 Å². The van der Waals surface area contributed by atoms with E-state index in [1.54, 1.807) is 0 Å². The van der Waals surface area contributed by atoms with Crippen LogP contribution in [0.3, 0.4) is 0 Å². The number of rotatable bonds is 8. The van der Waals surface area contributed by atoms with Crippen LogP contribution >= 0.6 is 0 Å². The van der Waals surface area contributed by atoms with Crippen LogP contribution in [0.5, 0.6) is 0 Å². The fraction of sp³-hybridized carbons (Fsp3) is 0.867. The van der Waals surface area contributed by atoms with Gasteiger partial charge in [-0.3, -0.25) is 0 Å². The molecular weight excluding hydrogens is 224 g/mol. The molecule has 1 unspecified atom stereocenters. The van der Waals surface area contributed by atoms with Crippen LogP contribution in [0.2, 0.25) is 0 Å². The first-order valence-corrected chi connectivity index (χ1v) is 7.31. The zero-order valence-electron chi connectivity index (χ0n) is 12.0. The Labute approximate surface area is 111 Å². The molecule has 0 saturated heterocycles.